The van der Waals surface area contributed by atoms with Gasteiger partial charge in [-0.1, -0.05) is 24.3 Å². The van der Waals surface area contributed by atoms with Crippen LogP contribution in [-0.4, -0.2) is 59.1 Å². The topological polar surface area (TPSA) is 90.1 Å². The van der Waals surface area contributed by atoms with Gasteiger partial charge in [0.2, 0.25) is 5.91 Å². The molecule has 0 spiro atoms. The number of aromatic amines is 1. The van der Waals surface area contributed by atoms with Crippen LogP contribution in [0.2, 0.25) is 0 Å². The Bertz CT molecular complexity index is 790. The maximum Gasteiger partial charge on any atom is 0.254 e. The van der Waals surface area contributed by atoms with E-state index in [1.807, 2.05) is 19.2 Å². The van der Waals surface area contributed by atoms with Crippen molar-refractivity contribution in [1.82, 2.24) is 25.7 Å². The molecule has 1 saturated heterocycles. The van der Waals surface area contributed by atoms with Gasteiger partial charge in [-0.25, -0.2) is 0 Å². The van der Waals surface area contributed by atoms with E-state index < -0.39 is 0 Å². The lowest BCUT2D eigenvalue weighted by atomic mass is 10.1. The van der Waals surface area contributed by atoms with Gasteiger partial charge in [-0.3, -0.25) is 19.6 Å². The number of nitrogens with zero attached hydrogens (tertiary/aromatic N) is 2. The van der Waals surface area contributed by atoms with Gasteiger partial charge in [0.25, 0.3) is 5.91 Å². The summed E-state index contributed by atoms with van der Waals surface area (Å²) < 4.78 is 0. The molecular weight excluding hydrogens is 354 g/mol. The van der Waals surface area contributed by atoms with Gasteiger partial charge < -0.3 is 10.6 Å². The predicted molar refractivity (Wildman–Crippen MR) is 108 cm³/mol. The molecule has 2 aromatic rings. The average Bonchev–Trinajstić information content (AvgIpc) is 3.33. The second kappa shape index (κ2) is 9.50. The van der Waals surface area contributed by atoms with E-state index in [0.717, 1.165) is 19.3 Å². The van der Waals surface area contributed by atoms with E-state index >= 15 is 0 Å². The number of likely N-dealkylation sites (N-methyl/N-ethyl adjacent to an activating group) is 1. The number of carbonyl (C=O) groups is 2. The number of likely N-dealkylation sites (tertiary alicyclic amines) is 1. The molecule has 28 heavy (non-hydrogen) atoms. The molecule has 0 saturated carbocycles. The molecule has 2 atom stereocenters. The number of rotatable bonds is 8. The van der Waals surface area contributed by atoms with Crippen LogP contribution in [0, 0.1) is 6.92 Å². The Morgan fingerprint density at radius 1 is 1.21 bits per heavy atom. The van der Waals surface area contributed by atoms with Crippen molar-refractivity contribution in [3.63, 3.8) is 0 Å². The molecular formula is C21H29N5O2. The summed E-state index contributed by atoms with van der Waals surface area (Å²) in [5.74, 6) is -0.0342. The van der Waals surface area contributed by atoms with Crippen molar-refractivity contribution < 1.29 is 9.59 Å². The average molecular weight is 383 g/mol. The summed E-state index contributed by atoms with van der Waals surface area (Å²) >= 11 is 0. The third-order valence-electron chi connectivity index (χ3n) is 5.64. The number of hydrogen-bond donors (Lipinski definition) is 3. The Labute approximate surface area is 165 Å². The van der Waals surface area contributed by atoms with E-state index in [9.17, 15) is 9.59 Å². The number of benzene rings is 1. The number of carbonyl (C=O) groups excluding carboxylic acids is 2. The van der Waals surface area contributed by atoms with E-state index in [4.69, 9.17) is 0 Å². The normalized spacial score (nSPS) is 19.5. The summed E-state index contributed by atoms with van der Waals surface area (Å²) in [5.41, 5.74) is 3.06. The molecule has 2 heterocycles. The molecule has 1 aliphatic heterocycles. The summed E-state index contributed by atoms with van der Waals surface area (Å²) in [4.78, 5) is 26.6. The van der Waals surface area contributed by atoms with E-state index in [2.05, 4.69) is 44.8 Å². The zero-order valence-corrected chi connectivity index (χ0v) is 16.6. The summed E-state index contributed by atoms with van der Waals surface area (Å²) in [6.45, 7) is 3.33. The summed E-state index contributed by atoms with van der Waals surface area (Å²) in [5, 5.41) is 12.4. The van der Waals surface area contributed by atoms with Crippen LogP contribution in [0.25, 0.3) is 0 Å². The first kappa shape index (κ1) is 20.1. The second-order valence-electron chi connectivity index (χ2n) is 7.48. The number of aromatic nitrogens is 2. The van der Waals surface area contributed by atoms with Crippen LogP contribution in [-0.2, 0) is 11.2 Å². The highest BCUT2D eigenvalue weighted by Crippen LogP contribution is 2.24. The molecule has 0 aliphatic carbocycles. The number of H-pyrrole nitrogens is 1. The highest BCUT2D eigenvalue weighted by molar-refractivity contribution is 5.93. The lowest BCUT2D eigenvalue weighted by Gasteiger charge is -2.25. The standard InChI is InChI=1S/C21H29N5O2/c1-15-5-3-4-6-16(15)9-10-22-20(27)11-18-7-8-19(26(18)2)14-23-21(28)17-12-24-25-13-17/h3-6,12-13,18-19H,7-11,14H2,1-2H3,(H,22,27)(H,23,28)(H,24,25)/t18-,19+/m1/s1. The van der Waals surface area contributed by atoms with Gasteiger partial charge in [0.1, 0.15) is 0 Å². The SMILES string of the molecule is Cc1ccccc1CCNC(=O)C[C@H]1CC[C@@H](CNC(=O)c2cn[nH]c2)N1C. The van der Waals surface area contributed by atoms with Crippen LogP contribution < -0.4 is 10.6 Å². The molecule has 0 bridgehead atoms. The highest BCUT2D eigenvalue weighted by atomic mass is 16.2. The quantitative estimate of drug-likeness (QED) is 0.647. The molecule has 1 aromatic carbocycles. The summed E-state index contributed by atoms with van der Waals surface area (Å²) in [7, 11) is 2.03. The molecule has 7 nitrogen and oxygen atoms in total. The number of hydrogen-bond acceptors (Lipinski definition) is 4. The minimum atomic E-state index is -0.125. The Hall–Kier alpha value is -2.67. The van der Waals surface area contributed by atoms with Gasteiger partial charge in [-0.15, -0.1) is 0 Å². The summed E-state index contributed by atoms with van der Waals surface area (Å²) in [6.07, 6.45) is 6.38. The van der Waals surface area contributed by atoms with Gasteiger partial charge in [0.15, 0.2) is 0 Å². The van der Waals surface area contributed by atoms with Crippen LogP contribution in [0.3, 0.4) is 0 Å². The number of aryl methyl sites for hydroxylation is 1. The Morgan fingerprint density at radius 3 is 2.75 bits per heavy atom. The molecule has 150 valence electrons. The highest BCUT2D eigenvalue weighted by Gasteiger charge is 2.31. The maximum absolute atomic E-state index is 12.3. The van der Waals surface area contributed by atoms with Gasteiger partial charge >= 0.3 is 0 Å². The minimum absolute atomic E-state index is 0.0912. The van der Waals surface area contributed by atoms with Gasteiger partial charge in [0, 0.05) is 37.8 Å². The van der Waals surface area contributed by atoms with Crippen LogP contribution in [0.4, 0.5) is 0 Å². The minimum Gasteiger partial charge on any atom is -0.356 e. The first-order valence-corrected chi connectivity index (χ1v) is 9.84. The van der Waals surface area contributed by atoms with Crippen molar-refractivity contribution in [3.8, 4) is 0 Å². The Morgan fingerprint density at radius 2 is 2.00 bits per heavy atom. The molecule has 7 heteroatoms. The fourth-order valence-electron chi connectivity index (χ4n) is 3.78. The molecule has 2 amide bonds. The third-order valence-corrected chi connectivity index (χ3v) is 5.64. The maximum atomic E-state index is 12.3. The zero-order chi connectivity index (χ0) is 19.9. The number of nitrogens with one attached hydrogen (secondary N) is 3. The van der Waals surface area contributed by atoms with Crippen LogP contribution in [0.15, 0.2) is 36.7 Å². The van der Waals surface area contributed by atoms with Gasteiger partial charge in [-0.05, 0) is 44.4 Å². The van der Waals surface area contributed by atoms with Gasteiger partial charge in [-0.2, -0.15) is 5.10 Å². The van der Waals surface area contributed by atoms with E-state index in [-0.39, 0.29) is 23.9 Å². The Balaban J connectivity index is 1.38. The Kier molecular flexibility index (Phi) is 6.81. The molecule has 3 N–H and O–H groups in total. The number of amides is 2. The van der Waals surface area contributed by atoms with Crippen molar-refractivity contribution in [2.24, 2.45) is 0 Å². The first-order valence-electron chi connectivity index (χ1n) is 9.84. The molecule has 3 rings (SSSR count). The van der Waals surface area contributed by atoms with Crippen LogP contribution in [0.1, 0.15) is 40.7 Å². The van der Waals surface area contributed by atoms with Crippen molar-refractivity contribution in [2.45, 2.75) is 44.7 Å². The molecule has 0 unspecified atom stereocenters. The van der Waals surface area contributed by atoms with E-state index in [0.29, 0.717) is 25.1 Å². The first-order chi connectivity index (χ1) is 13.5. The van der Waals surface area contributed by atoms with Crippen molar-refractivity contribution in [2.75, 3.05) is 20.1 Å². The monoisotopic (exact) mass is 383 g/mol. The van der Waals surface area contributed by atoms with Crippen molar-refractivity contribution in [3.05, 3.63) is 53.3 Å². The molecule has 1 aromatic heterocycles. The lowest BCUT2D eigenvalue weighted by Crippen LogP contribution is -2.42. The fourth-order valence-corrected chi connectivity index (χ4v) is 3.78. The van der Waals surface area contributed by atoms with Crippen LogP contribution in [0.5, 0.6) is 0 Å². The lowest BCUT2D eigenvalue weighted by molar-refractivity contribution is -0.122. The van der Waals surface area contributed by atoms with Crippen molar-refractivity contribution >= 4 is 11.8 Å². The van der Waals surface area contributed by atoms with Gasteiger partial charge in [0.05, 0.1) is 11.8 Å². The smallest absolute Gasteiger partial charge is 0.254 e. The van der Waals surface area contributed by atoms with E-state index in [1.54, 1.807) is 6.20 Å². The zero-order valence-electron chi connectivity index (χ0n) is 16.6. The molecule has 1 aliphatic rings. The fraction of sp³-hybridized carbons (Fsp3) is 0.476. The van der Waals surface area contributed by atoms with E-state index in [1.165, 1.54) is 17.3 Å². The van der Waals surface area contributed by atoms with Crippen LogP contribution >= 0.6 is 0 Å². The summed E-state index contributed by atoms with van der Waals surface area (Å²) in [6, 6.07) is 8.73. The second-order valence-corrected chi connectivity index (χ2v) is 7.48. The predicted octanol–water partition coefficient (Wildman–Crippen LogP) is 1.66. The van der Waals surface area contributed by atoms with Crippen molar-refractivity contribution in [1.29, 1.82) is 0 Å². The largest absolute Gasteiger partial charge is 0.356 e. The third kappa shape index (κ3) is 5.19. The molecule has 1 fully saturated rings. The molecule has 0 radical (unpaired) electrons.